The zero-order valence-electron chi connectivity index (χ0n) is 25.1. The highest BCUT2D eigenvalue weighted by molar-refractivity contribution is 7.13. The Morgan fingerprint density at radius 2 is 1.86 bits per heavy atom. The van der Waals surface area contributed by atoms with Gasteiger partial charge in [-0.15, -0.1) is 11.3 Å². The molecular formula is C31H33N5O7S. The lowest BCUT2D eigenvalue weighted by Crippen LogP contribution is -2.43. The van der Waals surface area contributed by atoms with E-state index in [1.54, 1.807) is 54.8 Å². The molecule has 12 nitrogen and oxygen atoms in total. The quantitative estimate of drug-likeness (QED) is 0.185. The number of carbonyl (C=O) groups is 2. The molecule has 0 unspecified atom stereocenters. The molecule has 0 bridgehead atoms. The Kier molecular flexibility index (Phi) is 7.42. The molecule has 0 aliphatic carbocycles. The Labute approximate surface area is 257 Å². The average molecular weight is 620 g/mol. The summed E-state index contributed by atoms with van der Waals surface area (Å²) in [6.45, 7) is 9.66. The van der Waals surface area contributed by atoms with Crippen molar-refractivity contribution < 1.29 is 28.7 Å². The van der Waals surface area contributed by atoms with Gasteiger partial charge in [0.15, 0.2) is 5.79 Å². The first kappa shape index (κ1) is 29.7. The maximum absolute atomic E-state index is 14.2. The molecule has 2 saturated heterocycles. The number of nitrogens with zero attached hydrogens (tertiary/aromatic N) is 5. The molecule has 4 aromatic rings. The molecule has 13 heteroatoms. The lowest BCUT2D eigenvalue weighted by Gasteiger charge is -2.30. The number of hydrogen-bond acceptors (Lipinski definition) is 9. The number of non-ortho nitro benzene ring substituents is 1. The summed E-state index contributed by atoms with van der Waals surface area (Å²) in [4.78, 5) is 42.4. The van der Waals surface area contributed by atoms with Gasteiger partial charge in [0.05, 0.1) is 28.4 Å². The number of carbonyl (C=O) groups excluding carboxylic acids is 2. The highest BCUT2D eigenvalue weighted by Gasteiger charge is 2.47. The Bertz CT molecular complexity index is 1740. The van der Waals surface area contributed by atoms with Crippen molar-refractivity contribution in [2.45, 2.75) is 64.8 Å². The van der Waals surface area contributed by atoms with Crippen LogP contribution in [-0.4, -0.2) is 68.4 Å². The SMILES string of the molecule is CC(C)(C)OC(=O)n1nc(-c2cccs2)c2cc(N3C[C@@H]4OC(C)(C)O[C@H]4CN(Cc4cccc([N+](=O)[O-])c4)C3=O)ccc21. The minimum absolute atomic E-state index is 0.0466. The molecule has 2 fully saturated rings. The van der Waals surface area contributed by atoms with Crippen molar-refractivity contribution in [2.24, 2.45) is 0 Å². The van der Waals surface area contributed by atoms with E-state index >= 15 is 0 Å². The van der Waals surface area contributed by atoms with Gasteiger partial charge < -0.3 is 19.1 Å². The van der Waals surface area contributed by atoms with E-state index in [1.165, 1.54) is 28.2 Å². The van der Waals surface area contributed by atoms with Crippen LogP contribution in [0.15, 0.2) is 60.0 Å². The maximum Gasteiger partial charge on any atom is 0.435 e. The van der Waals surface area contributed by atoms with Crippen molar-refractivity contribution in [3.8, 4) is 10.6 Å². The van der Waals surface area contributed by atoms with E-state index in [2.05, 4.69) is 5.10 Å². The van der Waals surface area contributed by atoms with Crippen LogP contribution >= 0.6 is 11.3 Å². The number of urea groups is 1. The third-order valence-corrected chi connectivity index (χ3v) is 8.22. The zero-order chi connectivity index (χ0) is 31.4. The summed E-state index contributed by atoms with van der Waals surface area (Å²) >= 11 is 1.49. The first-order valence-electron chi connectivity index (χ1n) is 14.2. The first-order valence-corrected chi connectivity index (χ1v) is 15.1. The smallest absolute Gasteiger partial charge is 0.435 e. The van der Waals surface area contributed by atoms with Gasteiger partial charge in [0.2, 0.25) is 0 Å². The van der Waals surface area contributed by atoms with E-state index in [4.69, 9.17) is 14.2 Å². The van der Waals surface area contributed by atoms with Crippen LogP contribution in [0.1, 0.15) is 40.2 Å². The van der Waals surface area contributed by atoms with Gasteiger partial charge in [-0.1, -0.05) is 18.2 Å². The van der Waals surface area contributed by atoms with E-state index in [0.717, 1.165) is 4.88 Å². The van der Waals surface area contributed by atoms with Crippen molar-refractivity contribution in [2.75, 3.05) is 18.0 Å². The number of thiophene rings is 1. The lowest BCUT2D eigenvalue weighted by molar-refractivity contribution is -0.384. The number of aromatic nitrogens is 2. The second-order valence-corrected chi connectivity index (χ2v) is 13.3. The fourth-order valence-corrected chi connectivity index (χ4v) is 6.32. The molecule has 2 aromatic heterocycles. The fourth-order valence-electron chi connectivity index (χ4n) is 5.59. The number of ether oxygens (including phenoxy) is 3. The molecule has 2 aliphatic rings. The molecule has 230 valence electrons. The predicted octanol–water partition coefficient (Wildman–Crippen LogP) is 6.42. The number of nitro groups is 1. The second kappa shape index (κ2) is 11.0. The van der Waals surface area contributed by atoms with Gasteiger partial charge in [0, 0.05) is 29.8 Å². The highest BCUT2D eigenvalue weighted by atomic mass is 32.1. The van der Waals surface area contributed by atoms with Gasteiger partial charge in [-0.3, -0.25) is 15.0 Å². The summed E-state index contributed by atoms with van der Waals surface area (Å²) in [6, 6.07) is 15.2. The van der Waals surface area contributed by atoms with Crippen LogP contribution in [-0.2, 0) is 20.8 Å². The van der Waals surface area contributed by atoms with Crippen LogP contribution in [0.5, 0.6) is 0 Å². The monoisotopic (exact) mass is 619 g/mol. The van der Waals surface area contributed by atoms with Gasteiger partial charge in [0.1, 0.15) is 23.5 Å². The van der Waals surface area contributed by atoms with Crippen LogP contribution in [0.25, 0.3) is 21.5 Å². The molecule has 4 heterocycles. The second-order valence-electron chi connectivity index (χ2n) is 12.3. The van der Waals surface area contributed by atoms with Crippen molar-refractivity contribution in [1.82, 2.24) is 14.7 Å². The van der Waals surface area contributed by atoms with Gasteiger partial charge in [0.25, 0.3) is 5.69 Å². The summed E-state index contributed by atoms with van der Waals surface area (Å²) < 4.78 is 19.3. The molecule has 44 heavy (non-hydrogen) atoms. The molecule has 6 rings (SSSR count). The van der Waals surface area contributed by atoms with Gasteiger partial charge >= 0.3 is 12.1 Å². The Hall–Kier alpha value is -4.33. The minimum atomic E-state index is -0.844. The van der Waals surface area contributed by atoms with Crippen LogP contribution in [0, 0.1) is 10.1 Å². The van der Waals surface area contributed by atoms with E-state index in [9.17, 15) is 19.7 Å². The topological polar surface area (TPSA) is 129 Å². The summed E-state index contributed by atoms with van der Waals surface area (Å²) in [5.41, 5.74) is 1.59. The van der Waals surface area contributed by atoms with Crippen LogP contribution in [0.3, 0.4) is 0 Å². The van der Waals surface area contributed by atoms with E-state index in [1.807, 2.05) is 37.4 Å². The predicted molar refractivity (Wildman–Crippen MR) is 165 cm³/mol. The number of amides is 2. The first-order chi connectivity index (χ1) is 20.8. The summed E-state index contributed by atoms with van der Waals surface area (Å²) in [7, 11) is 0. The van der Waals surface area contributed by atoms with Crippen LogP contribution in [0.2, 0.25) is 0 Å². The highest BCUT2D eigenvalue weighted by Crippen LogP contribution is 2.37. The number of rotatable bonds is 5. The summed E-state index contributed by atoms with van der Waals surface area (Å²) in [6.07, 6.45) is -1.42. The number of hydrogen-bond donors (Lipinski definition) is 0. The van der Waals surface area contributed by atoms with Crippen LogP contribution < -0.4 is 4.90 Å². The Balaban J connectivity index is 1.41. The Morgan fingerprint density at radius 1 is 1.11 bits per heavy atom. The molecule has 2 amide bonds. The molecule has 0 radical (unpaired) electrons. The standard InChI is InChI=1S/C31H33N5O7S/c1-30(2,3)43-29(38)35-23-12-11-20(15-22(23)27(32-35)26-10-7-13-44-26)34-18-25-24(41-31(4,5)42-25)17-33(28(34)37)16-19-8-6-9-21(14-19)36(39)40/h6-15,24-25H,16-18H2,1-5H3/t24-,25-/m0/s1. The van der Waals surface area contributed by atoms with E-state index < -0.39 is 34.6 Å². The number of anilines is 1. The van der Waals surface area contributed by atoms with Crippen molar-refractivity contribution >= 4 is 45.7 Å². The minimum Gasteiger partial charge on any atom is -0.442 e. The largest absolute Gasteiger partial charge is 0.442 e. The van der Waals surface area contributed by atoms with Gasteiger partial charge in [-0.2, -0.15) is 9.78 Å². The molecular weight excluding hydrogens is 586 g/mol. The van der Waals surface area contributed by atoms with Crippen LogP contribution in [0.4, 0.5) is 21.0 Å². The zero-order valence-corrected chi connectivity index (χ0v) is 25.9. The van der Waals surface area contributed by atoms with Crippen molar-refractivity contribution in [1.29, 1.82) is 0 Å². The number of benzene rings is 2. The van der Waals surface area contributed by atoms with E-state index in [0.29, 0.717) is 27.8 Å². The Morgan fingerprint density at radius 3 is 2.55 bits per heavy atom. The molecule has 0 N–H and O–H groups in total. The lowest BCUT2D eigenvalue weighted by atomic mass is 10.1. The number of fused-ring (bicyclic) bond motifs is 2. The molecule has 2 aromatic carbocycles. The normalized spacial score (nSPS) is 20.1. The molecule has 2 atom stereocenters. The molecule has 2 aliphatic heterocycles. The molecule has 0 spiro atoms. The van der Waals surface area contributed by atoms with Crippen molar-refractivity contribution in [3.63, 3.8) is 0 Å². The molecule has 0 saturated carbocycles. The summed E-state index contributed by atoms with van der Waals surface area (Å²) in [5.74, 6) is -0.844. The fraction of sp³-hybridized carbons (Fsp3) is 0.387. The summed E-state index contributed by atoms with van der Waals surface area (Å²) in [5, 5.41) is 18.7. The van der Waals surface area contributed by atoms with Gasteiger partial charge in [-0.25, -0.2) is 9.59 Å². The third kappa shape index (κ3) is 5.90. The van der Waals surface area contributed by atoms with Gasteiger partial charge in [-0.05, 0) is 69.8 Å². The number of nitro benzene ring substituents is 1. The van der Waals surface area contributed by atoms with E-state index in [-0.39, 0.29) is 31.4 Å². The third-order valence-electron chi connectivity index (χ3n) is 7.34. The van der Waals surface area contributed by atoms with Crippen molar-refractivity contribution in [3.05, 3.63) is 75.7 Å². The maximum atomic E-state index is 14.2. The average Bonchev–Trinajstić information content (AvgIpc) is 3.65.